The maximum Gasteiger partial charge on any atom is 0.129 e. The summed E-state index contributed by atoms with van der Waals surface area (Å²) in [5.74, 6) is 0.631. The molecule has 0 radical (unpaired) electrons. The van der Waals surface area contributed by atoms with Crippen molar-refractivity contribution in [2.45, 2.75) is 26.3 Å². The van der Waals surface area contributed by atoms with Gasteiger partial charge in [0.1, 0.15) is 5.15 Å². The van der Waals surface area contributed by atoms with Gasteiger partial charge in [-0.05, 0) is 17.5 Å². The van der Waals surface area contributed by atoms with Crippen molar-refractivity contribution in [3.63, 3.8) is 0 Å². The van der Waals surface area contributed by atoms with Crippen molar-refractivity contribution < 1.29 is 0 Å². The summed E-state index contributed by atoms with van der Waals surface area (Å²) in [5, 5.41) is 3.98. The Kier molecular flexibility index (Phi) is 9.77. The molecule has 1 aromatic rings. The van der Waals surface area contributed by atoms with E-state index in [-0.39, 0.29) is 24.8 Å². The second kappa shape index (κ2) is 9.80. The normalized spacial score (nSPS) is 18.6. The molecule has 2 heterocycles. The van der Waals surface area contributed by atoms with Gasteiger partial charge in [-0.25, -0.2) is 4.98 Å². The van der Waals surface area contributed by atoms with Gasteiger partial charge in [-0.1, -0.05) is 37.9 Å². The first-order chi connectivity index (χ1) is 8.72. The van der Waals surface area contributed by atoms with Crippen molar-refractivity contribution in [3.8, 4) is 0 Å². The average Bonchev–Trinajstić information content (AvgIpc) is 2.42. The Bertz CT molecular complexity index is 366. The highest BCUT2D eigenvalue weighted by Crippen LogP contribution is 2.30. The van der Waals surface area contributed by atoms with Crippen molar-refractivity contribution in [1.29, 1.82) is 0 Å². The number of piperazine rings is 1. The van der Waals surface area contributed by atoms with Crippen LogP contribution in [0.15, 0.2) is 18.3 Å². The first-order valence-electron chi connectivity index (χ1n) is 6.78. The van der Waals surface area contributed by atoms with Crippen molar-refractivity contribution >= 4 is 36.4 Å². The van der Waals surface area contributed by atoms with Crippen LogP contribution in [0.5, 0.6) is 0 Å². The van der Waals surface area contributed by atoms with Crippen LogP contribution in [0.2, 0.25) is 5.15 Å². The van der Waals surface area contributed by atoms with E-state index in [4.69, 9.17) is 11.6 Å². The zero-order valence-corrected chi connectivity index (χ0v) is 14.4. The van der Waals surface area contributed by atoms with Gasteiger partial charge in [0.15, 0.2) is 0 Å². The first kappa shape index (κ1) is 19.9. The minimum absolute atomic E-state index is 0. The molecule has 3 nitrogen and oxygen atoms in total. The molecule has 0 spiro atoms. The lowest BCUT2D eigenvalue weighted by Crippen LogP contribution is -2.46. The molecule has 0 bridgehead atoms. The molecule has 20 heavy (non-hydrogen) atoms. The Balaban J connectivity index is 0.00000180. The predicted octanol–water partition coefficient (Wildman–Crippen LogP) is 3.57. The zero-order chi connectivity index (χ0) is 13.0. The number of aromatic nitrogens is 1. The van der Waals surface area contributed by atoms with Crippen LogP contribution in [0.3, 0.4) is 0 Å². The van der Waals surface area contributed by atoms with Crippen molar-refractivity contribution in [3.05, 3.63) is 29.0 Å². The topological polar surface area (TPSA) is 28.2 Å². The number of halogens is 3. The highest BCUT2D eigenvalue weighted by molar-refractivity contribution is 6.29. The van der Waals surface area contributed by atoms with Crippen LogP contribution in [0.1, 0.15) is 31.9 Å². The quantitative estimate of drug-likeness (QED) is 0.849. The van der Waals surface area contributed by atoms with E-state index in [1.807, 2.05) is 12.3 Å². The van der Waals surface area contributed by atoms with E-state index in [0.29, 0.717) is 17.1 Å². The Hall–Kier alpha value is -0.0600. The number of hydrogen-bond donors (Lipinski definition) is 1. The summed E-state index contributed by atoms with van der Waals surface area (Å²) in [6, 6.07) is 4.48. The fourth-order valence-corrected chi connectivity index (χ4v) is 2.76. The van der Waals surface area contributed by atoms with Crippen LogP contribution in [-0.4, -0.2) is 36.1 Å². The smallest absolute Gasteiger partial charge is 0.129 e. The van der Waals surface area contributed by atoms with Crippen molar-refractivity contribution in [2.24, 2.45) is 5.92 Å². The fourth-order valence-electron chi connectivity index (χ4n) is 2.65. The molecule has 1 aliphatic heterocycles. The molecule has 0 saturated carbocycles. The lowest BCUT2D eigenvalue weighted by atomic mass is 9.91. The number of pyridine rings is 1. The summed E-state index contributed by atoms with van der Waals surface area (Å²) in [7, 11) is 0. The summed E-state index contributed by atoms with van der Waals surface area (Å²) in [6.07, 6.45) is 3.11. The third-order valence-electron chi connectivity index (χ3n) is 3.82. The van der Waals surface area contributed by atoms with Crippen LogP contribution in [-0.2, 0) is 0 Å². The molecule has 2 rings (SSSR count). The summed E-state index contributed by atoms with van der Waals surface area (Å²) < 4.78 is 0. The molecule has 6 heteroatoms. The van der Waals surface area contributed by atoms with Crippen LogP contribution >= 0.6 is 36.4 Å². The highest BCUT2D eigenvalue weighted by atomic mass is 35.5. The third-order valence-corrected chi connectivity index (χ3v) is 4.04. The van der Waals surface area contributed by atoms with Gasteiger partial charge in [-0.3, -0.25) is 4.90 Å². The van der Waals surface area contributed by atoms with E-state index in [9.17, 15) is 0 Å². The monoisotopic (exact) mass is 339 g/mol. The lowest BCUT2D eigenvalue weighted by molar-refractivity contribution is 0.128. The number of nitrogens with zero attached hydrogens (tertiary/aromatic N) is 2. The molecule has 0 amide bonds. The largest absolute Gasteiger partial charge is 0.314 e. The van der Waals surface area contributed by atoms with E-state index < -0.39 is 0 Å². The second-order valence-corrected chi connectivity index (χ2v) is 5.42. The van der Waals surface area contributed by atoms with Gasteiger partial charge in [0.25, 0.3) is 0 Å². The Morgan fingerprint density at radius 1 is 1.30 bits per heavy atom. The molecular formula is C14H24Cl3N3. The van der Waals surface area contributed by atoms with Crippen LogP contribution in [0, 0.1) is 5.92 Å². The summed E-state index contributed by atoms with van der Waals surface area (Å²) in [6.45, 7) is 8.95. The standard InChI is InChI=1S/C14H22ClN3.2ClH/c1-3-11(2)14(18-8-6-16-7-9-18)12-4-5-13(15)17-10-12;;/h4-5,10-11,14,16H,3,6-9H2,1-2H3;2*1H/t11?,14-;;/m0../s1. The van der Waals surface area contributed by atoms with E-state index >= 15 is 0 Å². The molecule has 116 valence electrons. The second-order valence-electron chi connectivity index (χ2n) is 5.03. The number of rotatable bonds is 4. The minimum Gasteiger partial charge on any atom is -0.314 e. The fraction of sp³-hybridized carbons (Fsp3) is 0.643. The molecule has 1 fully saturated rings. The van der Waals surface area contributed by atoms with Crippen molar-refractivity contribution in [1.82, 2.24) is 15.2 Å². The van der Waals surface area contributed by atoms with E-state index in [2.05, 4.69) is 35.1 Å². The van der Waals surface area contributed by atoms with Gasteiger partial charge >= 0.3 is 0 Å². The van der Waals surface area contributed by atoms with Gasteiger partial charge in [-0.15, -0.1) is 24.8 Å². The third kappa shape index (κ3) is 5.05. The molecular weight excluding hydrogens is 317 g/mol. The Morgan fingerprint density at radius 3 is 2.45 bits per heavy atom. The van der Waals surface area contributed by atoms with Gasteiger partial charge in [0, 0.05) is 38.4 Å². The SMILES string of the molecule is CCC(C)[C@@H](c1ccc(Cl)nc1)N1CCNCC1.Cl.Cl. The molecule has 0 aromatic carbocycles. The van der Waals surface area contributed by atoms with Gasteiger partial charge in [0.2, 0.25) is 0 Å². The van der Waals surface area contributed by atoms with Crippen molar-refractivity contribution in [2.75, 3.05) is 26.2 Å². The highest BCUT2D eigenvalue weighted by Gasteiger charge is 2.26. The minimum atomic E-state index is 0. The van der Waals surface area contributed by atoms with Crippen LogP contribution < -0.4 is 5.32 Å². The molecule has 1 aromatic heterocycles. The van der Waals surface area contributed by atoms with Crippen LogP contribution in [0.4, 0.5) is 0 Å². The van der Waals surface area contributed by atoms with E-state index in [1.54, 1.807) is 0 Å². The first-order valence-corrected chi connectivity index (χ1v) is 7.16. The van der Waals surface area contributed by atoms with Gasteiger partial charge in [-0.2, -0.15) is 0 Å². The number of hydrogen-bond acceptors (Lipinski definition) is 3. The Morgan fingerprint density at radius 2 is 1.95 bits per heavy atom. The van der Waals surface area contributed by atoms with E-state index in [1.165, 1.54) is 12.0 Å². The average molecular weight is 341 g/mol. The predicted molar refractivity (Wildman–Crippen MR) is 90.4 cm³/mol. The van der Waals surface area contributed by atoms with Gasteiger partial charge in [0.05, 0.1) is 0 Å². The lowest BCUT2D eigenvalue weighted by Gasteiger charge is -2.38. The Labute approximate surface area is 139 Å². The summed E-state index contributed by atoms with van der Waals surface area (Å²) in [5.41, 5.74) is 1.29. The summed E-state index contributed by atoms with van der Waals surface area (Å²) >= 11 is 5.88. The molecule has 1 unspecified atom stereocenters. The summed E-state index contributed by atoms with van der Waals surface area (Å²) in [4.78, 5) is 6.80. The maximum atomic E-state index is 5.88. The molecule has 1 saturated heterocycles. The van der Waals surface area contributed by atoms with Gasteiger partial charge < -0.3 is 5.32 Å². The van der Waals surface area contributed by atoms with E-state index in [0.717, 1.165) is 26.2 Å². The zero-order valence-electron chi connectivity index (χ0n) is 12.0. The maximum absolute atomic E-state index is 5.88. The molecule has 2 atom stereocenters. The molecule has 1 aliphatic rings. The number of nitrogens with one attached hydrogen (secondary N) is 1. The van der Waals surface area contributed by atoms with Crippen LogP contribution in [0.25, 0.3) is 0 Å². The molecule has 0 aliphatic carbocycles. The molecule has 1 N–H and O–H groups in total.